The van der Waals surface area contributed by atoms with Crippen LogP contribution >= 0.6 is 0 Å². The summed E-state index contributed by atoms with van der Waals surface area (Å²) in [6.07, 6.45) is 5.65. The zero-order valence-electron chi connectivity index (χ0n) is 10.6. The summed E-state index contributed by atoms with van der Waals surface area (Å²) in [7, 11) is 0. The van der Waals surface area contributed by atoms with Crippen molar-refractivity contribution in [3.05, 3.63) is 35.6 Å². The summed E-state index contributed by atoms with van der Waals surface area (Å²) in [5.74, 6) is 0.319. The molecule has 18 heavy (non-hydrogen) atoms. The number of nitrogens with two attached hydrogens (primary N) is 1. The number of rotatable bonds is 3. The second-order valence-electron chi connectivity index (χ2n) is 5.75. The molecule has 0 amide bonds. The van der Waals surface area contributed by atoms with Crippen LogP contribution in [0.1, 0.15) is 43.6 Å². The molecule has 0 spiro atoms. The zero-order valence-corrected chi connectivity index (χ0v) is 10.6. The smallest absolute Gasteiger partial charge is 0.126 e. The third-order valence-electron chi connectivity index (χ3n) is 4.32. The predicted molar refractivity (Wildman–Crippen MR) is 70.9 cm³/mol. The van der Waals surface area contributed by atoms with Crippen molar-refractivity contribution in [1.29, 1.82) is 0 Å². The van der Waals surface area contributed by atoms with Gasteiger partial charge in [0.2, 0.25) is 0 Å². The van der Waals surface area contributed by atoms with E-state index in [0.29, 0.717) is 24.0 Å². The first kappa shape index (κ1) is 12.1. The van der Waals surface area contributed by atoms with Gasteiger partial charge in [-0.25, -0.2) is 4.39 Å². The van der Waals surface area contributed by atoms with E-state index in [1.165, 1.54) is 12.8 Å². The van der Waals surface area contributed by atoms with E-state index in [1.54, 1.807) is 12.1 Å². The number of hydrogen-bond donors (Lipinski definition) is 2. The molecule has 0 heterocycles. The molecular formula is C15H21FN2. The molecule has 0 aliphatic heterocycles. The van der Waals surface area contributed by atoms with E-state index < -0.39 is 0 Å². The van der Waals surface area contributed by atoms with Crippen LogP contribution in [-0.2, 0) is 0 Å². The van der Waals surface area contributed by atoms with Crippen molar-refractivity contribution in [3.63, 3.8) is 0 Å². The Hall–Kier alpha value is -0.930. The molecule has 2 unspecified atom stereocenters. The van der Waals surface area contributed by atoms with Gasteiger partial charge >= 0.3 is 0 Å². The molecule has 0 aromatic heterocycles. The van der Waals surface area contributed by atoms with E-state index in [2.05, 4.69) is 5.32 Å². The second-order valence-corrected chi connectivity index (χ2v) is 5.75. The van der Waals surface area contributed by atoms with Crippen molar-refractivity contribution >= 4 is 0 Å². The Balaban J connectivity index is 1.54. The van der Waals surface area contributed by atoms with Crippen molar-refractivity contribution in [1.82, 2.24) is 5.32 Å². The first-order valence-electron chi connectivity index (χ1n) is 7.00. The lowest BCUT2D eigenvalue weighted by molar-refractivity contribution is 0.339. The van der Waals surface area contributed by atoms with Crippen molar-refractivity contribution in [2.75, 3.05) is 0 Å². The monoisotopic (exact) mass is 248 g/mol. The molecule has 98 valence electrons. The number of hydrogen-bond acceptors (Lipinski definition) is 2. The molecule has 3 N–H and O–H groups in total. The van der Waals surface area contributed by atoms with Gasteiger partial charge in [0.05, 0.1) is 0 Å². The molecule has 2 aliphatic rings. The van der Waals surface area contributed by atoms with Gasteiger partial charge in [-0.1, -0.05) is 18.2 Å². The quantitative estimate of drug-likeness (QED) is 0.862. The third kappa shape index (κ3) is 2.57. The average molecular weight is 248 g/mol. The van der Waals surface area contributed by atoms with E-state index in [0.717, 1.165) is 24.8 Å². The molecule has 1 aromatic carbocycles. The lowest BCUT2D eigenvalue weighted by Gasteiger charge is -2.27. The second kappa shape index (κ2) is 4.98. The lowest BCUT2D eigenvalue weighted by Crippen LogP contribution is -2.38. The van der Waals surface area contributed by atoms with Crippen molar-refractivity contribution in [2.45, 2.75) is 56.1 Å². The molecule has 1 aromatic rings. The number of benzene rings is 1. The Kier molecular flexibility index (Phi) is 3.35. The maximum absolute atomic E-state index is 13.6. The van der Waals surface area contributed by atoms with Crippen molar-refractivity contribution in [2.24, 2.45) is 5.73 Å². The van der Waals surface area contributed by atoms with E-state index in [4.69, 9.17) is 5.73 Å². The summed E-state index contributed by atoms with van der Waals surface area (Å²) in [6.45, 7) is 0. The highest BCUT2D eigenvalue weighted by Crippen LogP contribution is 2.42. The van der Waals surface area contributed by atoms with Crippen LogP contribution in [0.5, 0.6) is 0 Å². The average Bonchev–Trinajstić information content (AvgIpc) is 3.12. The minimum Gasteiger partial charge on any atom is -0.328 e. The standard InChI is InChI=1S/C15H21FN2/c16-14-4-2-1-3-12(14)13-9-15(13)18-11-7-5-10(17)6-8-11/h1-4,10-11,13,15,18H,5-9,17H2. The highest BCUT2D eigenvalue weighted by Gasteiger charge is 2.41. The molecule has 0 bridgehead atoms. The van der Waals surface area contributed by atoms with Crippen LogP contribution < -0.4 is 11.1 Å². The van der Waals surface area contributed by atoms with Gasteiger partial charge in [-0.05, 0) is 43.7 Å². The van der Waals surface area contributed by atoms with Gasteiger partial charge in [0, 0.05) is 24.0 Å². The largest absolute Gasteiger partial charge is 0.328 e. The molecular weight excluding hydrogens is 227 g/mol. The summed E-state index contributed by atoms with van der Waals surface area (Å²) in [4.78, 5) is 0. The summed E-state index contributed by atoms with van der Waals surface area (Å²) >= 11 is 0. The van der Waals surface area contributed by atoms with Crippen molar-refractivity contribution < 1.29 is 4.39 Å². The van der Waals surface area contributed by atoms with Gasteiger partial charge in [0.25, 0.3) is 0 Å². The van der Waals surface area contributed by atoms with Crippen LogP contribution in [0.15, 0.2) is 24.3 Å². The van der Waals surface area contributed by atoms with Gasteiger partial charge in [0.1, 0.15) is 5.82 Å². The summed E-state index contributed by atoms with van der Waals surface area (Å²) < 4.78 is 13.6. The summed E-state index contributed by atoms with van der Waals surface area (Å²) in [6, 6.07) is 8.61. The van der Waals surface area contributed by atoms with Crippen LogP contribution in [0, 0.1) is 5.82 Å². The Bertz CT molecular complexity index is 413. The third-order valence-corrected chi connectivity index (χ3v) is 4.32. The van der Waals surface area contributed by atoms with E-state index in [-0.39, 0.29) is 5.82 Å². The molecule has 2 atom stereocenters. The highest BCUT2D eigenvalue weighted by atomic mass is 19.1. The molecule has 2 nitrogen and oxygen atoms in total. The molecule has 3 rings (SSSR count). The number of halogens is 1. The first-order valence-corrected chi connectivity index (χ1v) is 7.00. The van der Waals surface area contributed by atoms with Crippen LogP contribution in [0.3, 0.4) is 0 Å². The van der Waals surface area contributed by atoms with Crippen LogP contribution in [0.4, 0.5) is 4.39 Å². The SMILES string of the molecule is NC1CCC(NC2CC2c2ccccc2F)CC1. The maximum Gasteiger partial charge on any atom is 0.126 e. The topological polar surface area (TPSA) is 38.0 Å². The fourth-order valence-corrected chi connectivity index (χ4v) is 3.09. The van der Waals surface area contributed by atoms with E-state index in [1.807, 2.05) is 12.1 Å². The normalized spacial score (nSPS) is 35.4. The van der Waals surface area contributed by atoms with Gasteiger partial charge < -0.3 is 11.1 Å². The highest BCUT2D eigenvalue weighted by molar-refractivity contribution is 5.29. The van der Waals surface area contributed by atoms with Crippen LogP contribution in [0.25, 0.3) is 0 Å². The van der Waals surface area contributed by atoms with E-state index in [9.17, 15) is 4.39 Å². The minimum atomic E-state index is -0.0579. The fourth-order valence-electron chi connectivity index (χ4n) is 3.09. The Labute approximate surface area is 108 Å². The lowest BCUT2D eigenvalue weighted by atomic mass is 9.92. The van der Waals surface area contributed by atoms with Crippen molar-refractivity contribution in [3.8, 4) is 0 Å². The summed E-state index contributed by atoms with van der Waals surface area (Å²) in [5, 5.41) is 3.67. The maximum atomic E-state index is 13.6. The minimum absolute atomic E-state index is 0.0579. The predicted octanol–water partition coefficient (Wildman–Crippen LogP) is 2.54. The zero-order chi connectivity index (χ0) is 12.5. The summed E-state index contributed by atoms with van der Waals surface area (Å²) in [5.41, 5.74) is 6.78. The van der Waals surface area contributed by atoms with E-state index >= 15 is 0 Å². The number of nitrogens with one attached hydrogen (secondary N) is 1. The molecule has 0 radical (unpaired) electrons. The first-order chi connectivity index (χ1) is 8.74. The Morgan fingerprint density at radius 3 is 2.56 bits per heavy atom. The van der Waals surface area contributed by atoms with Gasteiger partial charge in [-0.15, -0.1) is 0 Å². The molecule has 0 saturated heterocycles. The molecule has 2 saturated carbocycles. The molecule has 2 fully saturated rings. The van der Waals surface area contributed by atoms with Crippen LogP contribution in [-0.4, -0.2) is 18.1 Å². The molecule has 3 heteroatoms. The van der Waals surface area contributed by atoms with Gasteiger partial charge in [0.15, 0.2) is 0 Å². The van der Waals surface area contributed by atoms with Crippen LogP contribution in [0.2, 0.25) is 0 Å². The Morgan fingerprint density at radius 2 is 1.83 bits per heavy atom. The Morgan fingerprint density at radius 1 is 1.11 bits per heavy atom. The van der Waals surface area contributed by atoms with Gasteiger partial charge in [-0.3, -0.25) is 0 Å². The van der Waals surface area contributed by atoms with Gasteiger partial charge in [-0.2, -0.15) is 0 Å². The molecule has 2 aliphatic carbocycles. The fraction of sp³-hybridized carbons (Fsp3) is 0.600.